The van der Waals surface area contributed by atoms with Gasteiger partial charge >= 0.3 is 0 Å². The fourth-order valence-electron chi connectivity index (χ4n) is 2.57. The number of carbonyl (C=O) groups excluding carboxylic acids is 1. The zero-order valence-corrected chi connectivity index (χ0v) is 7.66. The first kappa shape index (κ1) is 9.12. The predicted octanol–water partition coefficient (Wildman–Crippen LogP) is 1.37. The lowest BCUT2D eigenvalue weighted by Crippen LogP contribution is -2.49. The number of hydroxylamine groups is 2. The van der Waals surface area contributed by atoms with E-state index in [1.54, 1.807) is 0 Å². The number of hydrogen-bond donors (Lipinski definition) is 1. The zero-order chi connectivity index (χ0) is 9.31. The van der Waals surface area contributed by atoms with E-state index < -0.39 is 5.54 Å². The lowest BCUT2D eigenvalue weighted by molar-refractivity contribution is -0.414. The summed E-state index contributed by atoms with van der Waals surface area (Å²) < 4.78 is 0. The molecule has 0 aromatic rings. The van der Waals surface area contributed by atoms with Crippen LogP contribution >= 0.6 is 0 Å². The molecule has 0 atom stereocenters. The van der Waals surface area contributed by atoms with Gasteiger partial charge in [0.2, 0.25) is 0 Å². The molecule has 4 nitrogen and oxygen atoms in total. The van der Waals surface area contributed by atoms with Gasteiger partial charge in [-0.05, 0) is 12.8 Å². The fourth-order valence-corrected chi connectivity index (χ4v) is 2.57. The first-order chi connectivity index (χ1) is 6.29. The molecule has 13 heavy (non-hydrogen) atoms. The van der Waals surface area contributed by atoms with Crippen molar-refractivity contribution >= 4 is 5.78 Å². The molecule has 0 aromatic heterocycles. The second-order valence-corrected chi connectivity index (χ2v) is 3.95. The molecule has 2 aliphatic rings. The minimum atomic E-state index is -0.479. The van der Waals surface area contributed by atoms with Crippen molar-refractivity contribution in [3.63, 3.8) is 0 Å². The number of nitrogens with zero attached hydrogens (tertiary/aromatic N) is 1. The average Bonchev–Trinajstić information content (AvgIpc) is 2.46. The van der Waals surface area contributed by atoms with Gasteiger partial charge < -0.3 is 0 Å². The first-order valence-electron chi connectivity index (χ1n) is 4.92. The first-order valence-corrected chi connectivity index (χ1v) is 4.92. The van der Waals surface area contributed by atoms with Crippen LogP contribution in [0.2, 0.25) is 0 Å². The predicted molar refractivity (Wildman–Crippen MR) is 45.9 cm³/mol. The van der Waals surface area contributed by atoms with Crippen molar-refractivity contribution in [3.8, 4) is 0 Å². The molecule has 0 aromatic carbocycles. The van der Waals surface area contributed by atoms with E-state index in [2.05, 4.69) is 4.99 Å². The Morgan fingerprint density at radius 3 is 2.62 bits per heavy atom. The van der Waals surface area contributed by atoms with Gasteiger partial charge in [-0.1, -0.05) is 19.3 Å². The van der Waals surface area contributed by atoms with Crippen LogP contribution in [-0.4, -0.2) is 28.2 Å². The van der Waals surface area contributed by atoms with Gasteiger partial charge in [-0.25, -0.2) is 5.26 Å². The fraction of sp³-hybridized carbons (Fsp3) is 0.889. The highest BCUT2D eigenvalue weighted by atomic mass is 17.2. The summed E-state index contributed by atoms with van der Waals surface area (Å²) in [6, 6.07) is 0. The van der Waals surface area contributed by atoms with Crippen molar-refractivity contribution in [2.75, 3.05) is 6.54 Å². The summed E-state index contributed by atoms with van der Waals surface area (Å²) in [5.41, 5.74) is -0.479. The zero-order valence-electron chi connectivity index (χ0n) is 7.66. The van der Waals surface area contributed by atoms with Crippen LogP contribution in [0.25, 0.3) is 0 Å². The minimum absolute atomic E-state index is 0.237. The molecule has 1 saturated carbocycles. The molecule has 0 bridgehead atoms. The van der Waals surface area contributed by atoms with E-state index in [1.807, 2.05) is 0 Å². The smallest absolute Gasteiger partial charge is 0.156 e. The number of ketones is 1. The Bertz CT molecular complexity index is 211. The van der Waals surface area contributed by atoms with Crippen molar-refractivity contribution in [3.05, 3.63) is 0 Å². The van der Waals surface area contributed by atoms with Gasteiger partial charge in [0.15, 0.2) is 5.78 Å². The van der Waals surface area contributed by atoms with E-state index in [4.69, 9.17) is 5.26 Å². The quantitative estimate of drug-likeness (QED) is 0.495. The molecular weight excluding hydrogens is 170 g/mol. The van der Waals surface area contributed by atoms with Crippen LogP contribution in [0.4, 0.5) is 0 Å². The summed E-state index contributed by atoms with van der Waals surface area (Å²) in [6.45, 7) is 0.537. The molecule has 1 saturated heterocycles. The molecule has 2 rings (SSSR count). The summed E-state index contributed by atoms with van der Waals surface area (Å²) in [5, 5.41) is 10.1. The summed E-state index contributed by atoms with van der Waals surface area (Å²) in [7, 11) is 0. The molecule has 74 valence electrons. The maximum Gasteiger partial charge on any atom is 0.156 e. The Balaban J connectivity index is 2.19. The highest BCUT2D eigenvalue weighted by Crippen LogP contribution is 2.38. The van der Waals surface area contributed by atoms with Gasteiger partial charge in [0.1, 0.15) is 5.54 Å². The van der Waals surface area contributed by atoms with E-state index >= 15 is 0 Å². The second-order valence-electron chi connectivity index (χ2n) is 3.95. The van der Waals surface area contributed by atoms with E-state index in [-0.39, 0.29) is 5.78 Å². The van der Waals surface area contributed by atoms with Gasteiger partial charge in [0, 0.05) is 13.0 Å². The number of Topliss-reactive ketones (excluding diaryl/α,β-unsaturated/α-hetero) is 1. The highest BCUT2D eigenvalue weighted by Gasteiger charge is 2.49. The molecule has 1 spiro atoms. The number of rotatable bonds is 1. The van der Waals surface area contributed by atoms with Crippen molar-refractivity contribution in [1.82, 2.24) is 5.06 Å². The van der Waals surface area contributed by atoms with Gasteiger partial charge in [-0.15, -0.1) is 10.1 Å². The van der Waals surface area contributed by atoms with Crippen molar-refractivity contribution in [2.45, 2.75) is 44.1 Å². The largest absolute Gasteiger partial charge is 0.297 e. The third kappa shape index (κ3) is 1.29. The van der Waals surface area contributed by atoms with E-state index in [1.165, 1.54) is 11.5 Å². The maximum atomic E-state index is 11.7. The third-order valence-electron chi connectivity index (χ3n) is 3.32. The lowest BCUT2D eigenvalue weighted by atomic mass is 9.80. The third-order valence-corrected chi connectivity index (χ3v) is 3.32. The van der Waals surface area contributed by atoms with Gasteiger partial charge in [0.25, 0.3) is 0 Å². The Morgan fingerprint density at radius 1 is 1.31 bits per heavy atom. The van der Waals surface area contributed by atoms with Crippen LogP contribution in [0.15, 0.2) is 0 Å². The lowest BCUT2D eigenvalue weighted by Gasteiger charge is -2.36. The van der Waals surface area contributed by atoms with Crippen LogP contribution in [0.3, 0.4) is 0 Å². The molecule has 1 aliphatic carbocycles. The van der Waals surface area contributed by atoms with Gasteiger partial charge in [-0.3, -0.25) is 4.79 Å². The summed E-state index contributed by atoms with van der Waals surface area (Å²) >= 11 is 0. The highest BCUT2D eigenvalue weighted by molar-refractivity contribution is 5.90. The summed E-state index contributed by atoms with van der Waals surface area (Å²) in [4.78, 5) is 16.0. The van der Waals surface area contributed by atoms with Gasteiger partial charge in [-0.2, -0.15) is 0 Å². The molecule has 2 fully saturated rings. The number of carbonyl (C=O) groups is 1. The van der Waals surface area contributed by atoms with E-state index in [9.17, 15) is 4.79 Å². The van der Waals surface area contributed by atoms with Gasteiger partial charge in [0.05, 0.1) is 0 Å². The summed E-state index contributed by atoms with van der Waals surface area (Å²) in [6.07, 6.45) is 5.50. The second kappa shape index (κ2) is 3.36. The molecule has 1 aliphatic heterocycles. The van der Waals surface area contributed by atoms with Crippen molar-refractivity contribution < 1.29 is 15.0 Å². The van der Waals surface area contributed by atoms with Crippen LogP contribution in [-0.2, 0) is 9.78 Å². The molecule has 0 radical (unpaired) electrons. The Kier molecular flexibility index (Phi) is 2.36. The molecule has 0 amide bonds. The van der Waals surface area contributed by atoms with Crippen LogP contribution in [0, 0.1) is 0 Å². The molecule has 0 unspecified atom stereocenters. The molecule has 1 N–H and O–H groups in total. The Labute approximate surface area is 77.4 Å². The average molecular weight is 185 g/mol. The normalized spacial score (nSPS) is 28.5. The molecule has 4 heteroatoms. The topological polar surface area (TPSA) is 49.8 Å². The molecular formula is C9H15NO3. The van der Waals surface area contributed by atoms with Crippen LogP contribution < -0.4 is 0 Å². The minimum Gasteiger partial charge on any atom is -0.297 e. The van der Waals surface area contributed by atoms with Crippen molar-refractivity contribution in [2.24, 2.45) is 0 Å². The van der Waals surface area contributed by atoms with E-state index in [0.717, 1.165) is 25.7 Å². The Hall–Kier alpha value is -0.450. The Morgan fingerprint density at radius 2 is 2.00 bits per heavy atom. The van der Waals surface area contributed by atoms with Crippen molar-refractivity contribution in [1.29, 1.82) is 0 Å². The van der Waals surface area contributed by atoms with E-state index in [0.29, 0.717) is 13.0 Å². The van der Waals surface area contributed by atoms with Crippen LogP contribution in [0.5, 0.6) is 0 Å². The summed E-state index contributed by atoms with van der Waals surface area (Å²) in [5.74, 6) is 0.237. The maximum absolute atomic E-state index is 11.7. The number of hydrogen-bond acceptors (Lipinski definition) is 4. The van der Waals surface area contributed by atoms with Crippen LogP contribution in [0.1, 0.15) is 38.5 Å². The monoisotopic (exact) mass is 185 g/mol. The molecule has 1 heterocycles. The SMILES string of the molecule is O=C1CCN(OO)C12CCCCC2. The standard InChI is InChI=1S/C9H15NO3/c11-8-4-7-10(13-12)9(8)5-2-1-3-6-9/h12H,1-7H2.